The number of rotatable bonds is 4. The van der Waals surface area contributed by atoms with E-state index in [1.165, 1.54) is 5.56 Å². The highest BCUT2D eigenvalue weighted by atomic mass is 15.3. The van der Waals surface area contributed by atoms with Gasteiger partial charge in [0.15, 0.2) is 0 Å². The first-order chi connectivity index (χ1) is 6.13. The summed E-state index contributed by atoms with van der Waals surface area (Å²) in [5.74, 6) is 0.568. The Bertz CT molecular complexity index is 252. The maximum Gasteiger partial charge on any atom is 0.0559 e. The molecule has 0 bridgehead atoms. The Hall–Kier alpha value is -0.830. The van der Waals surface area contributed by atoms with E-state index in [-0.39, 0.29) is 0 Å². The van der Waals surface area contributed by atoms with E-state index in [1.54, 1.807) is 0 Å². The molecule has 0 aromatic carbocycles. The minimum atomic E-state index is 0.472. The fraction of sp³-hybridized carbons (Fsp3) is 0.700. The van der Waals surface area contributed by atoms with Crippen LogP contribution in [0.3, 0.4) is 0 Å². The standard InChI is InChI=1S/C10H19N3/c1-8(2)10-5-12-13(7-10)6-9(3)11-4/h5,7-9,11H,6H2,1-4H3. The smallest absolute Gasteiger partial charge is 0.0559 e. The van der Waals surface area contributed by atoms with Gasteiger partial charge >= 0.3 is 0 Å². The lowest BCUT2D eigenvalue weighted by Gasteiger charge is -2.09. The number of aromatic nitrogens is 2. The molecule has 1 N–H and O–H groups in total. The molecule has 0 spiro atoms. The summed E-state index contributed by atoms with van der Waals surface area (Å²) in [5, 5.41) is 7.49. The van der Waals surface area contributed by atoms with Gasteiger partial charge in [-0.25, -0.2) is 0 Å². The molecule has 1 heterocycles. The van der Waals surface area contributed by atoms with Gasteiger partial charge in [-0.2, -0.15) is 5.10 Å². The Morgan fingerprint density at radius 1 is 1.46 bits per heavy atom. The normalized spacial score (nSPS) is 13.6. The SMILES string of the molecule is CNC(C)Cn1cc(C(C)C)cn1. The number of nitrogens with zero attached hydrogens (tertiary/aromatic N) is 2. The molecular formula is C10H19N3. The first kappa shape index (κ1) is 10.3. The lowest BCUT2D eigenvalue weighted by Crippen LogP contribution is -2.26. The van der Waals surface area contributed by atoms with Crippen LogP contribution in [0.25, 0.3) is 0 Å². The highest BCUT2D eigenvalue weighted by Gasteiger charge is 2.04. The molecule has 0 fully saturated rings. The van der Waals surface area contributed by atoms with Crippen LogP contribution in [0.4, 0.5) is 0 Å². The van der Waals surface area contributed by atoms with Gasteiger partial charge in [0.2, 0.25) is 0 Å². The predicted octanol–water partition coefficient (Wildman–Crippen LogP) is 1.61. The van der Waals surface area contributed by atoms with Crippen LogP contribution in [0.5, 0.6) is 0 Å². The van der Waals surface area contributed by atoms with Crippen LogP contribution in [0.15, 0.2) is 12.4 Å². The van der Waals surface area contributed by atoms with Crippen molar-refractivity contribution in [2.45, 2.75) is 39.3 Å². The fourth-order valence-electron chi connectivity index (χ4n) is 1.15. The van der Waals surface area contributed by atoms with Crippen molar-refractivity contribution in [3.8, 4) is 0 Å². The van der Waals surface area contributed by atoms with E-state index < -0.39 is 0 Å². The summed E-state index contributed by atoms with van der Waals surface area (Å²) in [7, 11) is 1.97. The monoisotopic (exact) mass is 181 g/mol. The van der Waals surface area contributed by atoms with E-state index in [1.807, 2.05) is 17.9 Å². The molecule has 3 nitrogen and oxygen atoms in total. The van der Waals surface area contributed by atoms with E-state index in [0.29, 0.717) is 12.0 Å². The van der Waals surface area contributed by atoms with Gasteiger partial charge < -0.3 is 5.32 Å². The topological polar surface area (TPSA) is 29.9 Å². The Morgan fingerprint density at radius 3 is 2.62 bits per heavy atom. The van der Waals surface area contributed by atoms with Crippen molar-refractivity contribution in [3.63, 3.8) is 0 Å². The molecule has 74 valence electrons. The Morgan fingerprint density at radius 2 is 2.15 bits per heavy atom. The van der Waals surface area contributed by atoms with Crippen molar-refractivity contribution in [1.29, 1.82) is 0 Å². The minimum absolute atomic E-state index is 0.472. The van der Waals surface area contributed by atoms with E-state index >= 15 is 0 Å². The molecular weight excluding hydrogens is 162 g/mol. The second kappa shape index (κ2) is 4.42. The quantitative estimate of drug-likeness (QED) is 0.765. The molecule has 0 amide bonds. The van der Waals surface area contributed by atoms with Gasteiger partial charge in [0.25, 0.3) is 0 Å². The molecule has 0 aliphatic rings. The van der Waals surface area contributed by atoms with E-state index in [9.17, 15) is 0 Å². The van der Waals surface area contributed by atoms with Gasteiger partial charge in [0.05, 0.1) is 12.7 Å². The molecule has 1 atom stereocenters. The van der Waals surface area contributed by atoms with Crippen molar-refractivity contribution in [1.82, 2.24) is 15.1 Å². The van der Waals surface area contributed by atoms with Gasteiger partial charge in [0.1, 0.15) is 0 Å². The number of nitrogens with one attached hydrogen (secondary N) is 1. The molecule has 13 heavy (non-hydrogen) atoms. The van der Waals surface area contributed by atoms with Crippen molar-refractivity contribution >= 4 is 0 Å². The first-order valence-electron chi connectivity index (χ1n) is 4.83. The van der Waals surface area contributed by atoms with Crippen LogP contribution < -0.4 is 5.32 Å². The van der Waals surface area contributed by atoms with Crippen LogP contribution in [-0.4, -0.2) is 22.9 Å². The predicted molar refractivity (Wildman–Crippen MR) is 54.8 cm³/mol. The van der Waals surface area contributed by atoms with Crippen LogP contribution in [0, 0.1) is 0 Å². The summed E-state index contributed by atoms with van der Waals surface area (Å²) in [4.78, 5) is 0. The van der Waals surface area contributed by atoms with Gasteiger partial charge in [0, 0.05) is 12.2 Å². The van der Waals surface area contributed by atoms with Crippen molar-refractivity contribution in [2.24, 2.45) is 0 Å². The zero-order chi connectivity index (χ0) is 9.84. The second-order valence-corrected chi connectivity index (χ2v) is 3.84. The van der Waals surface area contributed by atoms with Crippen LogP contribution >= 0.6 is 0 Å². The molecule has 1 aromatic rings. The zero-order valence-electron chi connectivity index (χ0n) is 8.91. The van der Waals surface area contributed by atoms with Gasteiger partial charge in [-0.15, -0.1) is 0 Å². The Labute approximate surface area is 80.1 Å². The second-order valence-electron chi connectivity index (χ2n) is 3.84. The van der Waals surface area contributed by atoms with Crippen molar-refractivity contribution in [2.75, 3.05) is 7.05 Å². The summed E-state index contributed by atoms with van der Waals surface area (Å²) in [6, 6.07) is 0.472. The fourth-order valence-corrected chi connectivity index (χ4v) is 1.15. The lowest BCUT2D eigenvalue weighted by molar-refractivity contribution is 0.481. The molecule has 3 heteroatoms. The van der Waals surface area contributed by atoms with Crippen LogP contribution in [0.1, 0.15) is 32.3 Å². The third-order valence-corrected chi connectivity index (χ3v) is 2.27. The summed E-state index contributed by atoms with van der Waals surface area (Å²) < 4.78 is 2.00. The zero-order valence-corrected chi connectivity index (χ0v) is 8.91. The third kappa shape index (κ3) is 2.84. The first-order valence-corrected chi connectivity index (χ1v) is 4.83. The molecule has 1 aromatic heterocycles. The van der Waals surface area contributed by atoms with Crippen LogP contribution in [-0.2, 0) is 6.54 Å². The summed E-state index contributed by atoms with van der Waals surface area (Å²) in [6.07, 6.45) is 4.07. The minimum Gasteiger partial charge on any atom is -0.315 e. The number of hydrogen-bond donors (Lipinski definition) is 1. The highest BCUT2D eigenvalue weighted by molar-refractivity contribution is 5.08. The maximum atomic E-state index is 4.30. The summed E-state index contributed by atoms with van der Waals surface area (Å²) in [6.45, 7) is 7.45. The Balaban J connectivity index is 2.58. The average molecular weight is 181 g/mol. The molecule has 1 rings (SSSR count). The van der Waals surface area contributed by atoms with E-state index in [2.05, 4.69) is 37.4 Å². The summed E-state index contributed by atoms with van der Waals surface area (Å²) in [5.41, 5.74) is 1.31. The largest absolute Gasteiger partial charge is 0.315 e. The van der Waals surface area contributed by atoms with E-state index in [0.717, 1.165) is 6.54 Å². The Kier molecular flexibility index (Phi) is 3.48. The average Bonchev–Trinajstić information content (AvgIpc) is 2.52. The molecule has 0 radical (unpaired) electrons. The molecule has 0 saturated carbocycles. The number of likely N-dealkylation sites (N-methyl/N-ethyl adjacent to an activating group) is 1. The molecule has 1 unspecified atom stereocenters. The number of hydrogen-bond acceptors (Lipinski definition) is 2. The lowest BCUT2D eigenvalue weighted by atomic mass is 10.1. The molecule has 0 aliphatic heterocycles. The van der Waals surface area contributed by atoms with E-state index in [4.69, 9.17) is 0 Å². The van der Waals surface area contributed by atoms with Crippen molar-refractivity contribution < 1.29 is 0 Å². The highest BCUT2D eigenvalue weighted by Crippen LogP contribution is 2.12. The van der Waals surface area contributed by atoms with Crippen LogP contribution in [0.2, 0.25) is 0 Å². The van der Waals surface area contributed by atoms with Crippen molar-refractivity contribution in [3.05, 3.63) is 18.0 Å². The van der Waals surface area contributed by atoms with Gasteiger partial charge in [-0.3, -0.25) is 4.68 Å². The van der Waals surface area contributed by atoms with Gasteiger partial charge in [-0.05, 0) is 25.5 Å². The third-order valence-electron chi connectivity index (χ3n) is 2.27. The maximum absolute atomic E-state index is 4.30. The summed E-state index contributed by atoms with van der Waals surface area (Å²) >= 11 is 0. The molecule has 0 aliphatic carbocycles. The molecule has 0 saturated heterocycles. The van der Waals surface area contributed by atoms with Gasteiger partial charge in [-0.1, -0.05) is 13.8 Å².